The number of aliphatic carboxylic acids is 1. The van der Waals surface area contributed by atoms with E-state index in [0.717, 1.165) is 4.90 Å². The molecule has 0 aromatic heterocycles. The number of carbonyl (C=O) groups excluding carboxylic acids is 1. The molecule has 8 nitrogen and oxygen atoms in total. The number of nitrogens with zero attached hydrogens (tertiary/aromatic N) is 1. The molecule has 2 aliphatic heterocycles. The van der Waals surface area contributed by atoms with Gasteiger partial charge in [-0.15, -0.1) is 0 Å². The number of β-amino-alcohol motifs (C(OH)–C–C–N with tert-alkyl or cyclic N) is 1. The summed E-state index contributed by atoms with van der Waals surface area (Å²) in [4.78, 5) is 24.0. The Kier molecular flexibility index (Phi) is 4.56. The number of carboxylic acid groups (broad SMARTS) is 1. The van der Waals surface area contributed by atoms with E-state index in [4.69, 9.17) is 14.6 Å². The third-order valence-electron chi connectivity index (χ3n) is 3.19. The summed E-state index contributed by atoms with van der Waals surface area (Å²) >= 11 is 0. The first-order chi connectivity index (χ1) is 9.08. The summed E-state index contributed by atoms with van der Waals surface area (Å²) < 4.78 is 10.6. The Balaban J connectivity index is 1.82. The Hall–Kier alpha value is -1.38. The van der Waals surface area contributed by atoms with Crippen molar-refractivity contribution in [3.05, 3.63) is 0 Å². The first-order valence-electron chi connectivity index (χ1n) is 6.22. The fraction of sp³-hybridized carbons (Fsp3) is 0.818. The number of hydrogen-bond donors (Lipinski definition) is 3. The van der Waals surface area contributed by atoms with E-state index in [0.29, 0.717) is 19.8 Å². The van der Waals surface area contributed by atoms with Gasteiger partial charge in [0.2, 0.25) is 0 Å². The van der Waals surface area contributed by atoms with Gasteiger partial charge in [-0.05, 0) is 0 Å². The van der Waals surface area contributed by atoms with Crippen LogP contribution in [0.5, 0.6) is 0 Å². The van der Waals surface area contributed by atoms with E-state index < -0.39 is 24.1 Å². The predicted octanol–water partition coefficient (Wildman–Crippen LogP) is -1.37. The minimum absolute atomic E-state index is 0.0326. The van der Waals surface area contributed by atoms with Gasteiger partial charge in [-0.1, -0.05) is 0 Å². The number of amides is 2. The van der Waals surface area contributed by atoms with Crippen LogP contribution in [0.1, 0.15) is 6.42 Å². The standard InChI is InChI=1S/C11H18N2O6/c14-7-3-9(10(15)16)13(5-7)11(17)12-4-8-6-18-1-2-19-8/h7-9,14H,1-6H2,(H,12,17)(H,15,16)/t7-,8?,9+/m1/s1. The topological polar surface area (TPSA) is 108 Å². The van der Waals surface area contributed by atoms with Gasteiger partial charge in [0, 0.05) is 19.5 Å². The predicted molar refractivity (Wildman–Crippen MR) is 62.7 cm³/mol. The van der Waals surface area contributed by atoms with Crippen molar-refractivity contribution in [2.45, 2.75) is 24.7 Å². The molecule has 3 N–H and O–H groups in total. The van der Waals surface area contributed by atoms with E-state index in [2.05, 4.69) is 5.32 Å². The second kappa shape index (κ2) is 6.18. The van der Waals surface area contributed by atoms with Gasteiger partial charge >= 0.3 is 12.0 Å². The van der Waals surface area contributed by atoms with E-state index >= 15 is 0 Å². The summed E-state index contributed by atoms with van der Waals surface area (Å²) in [6.45, 7) is 1.73. The summed E-state index contributed by atoms with van der Waals surface area (Å²) in [6.07, 6.45) is -0.944. The average molecular weight is 274 g/mol. The molecular formula is C11H18N2O6. The number of ether oxygens (including phenoxy) is 2. The summed E-state index contributed by atoms with van der Waals surface area (Å²) in [5, 5.41) is 21.1. The van der Waals surface area contributed by atoms with Crippen LogP contribution in [-0.4, -0.2) is 78.3 Å². The van der Waals surface area contributed by atoms with Gasteiger partial charge in [-0.25, -0.2) is 9.59 Å². The summed E-state index contributed by atoms with van der Waals surface area (Å²) in [5.74, 6) is -1.11. The molecule has 2 heterocycles. The lowest BCUT2D eigenvalue weighted by Gasteiger charge is -2.26. The minimum Gasteiger partial charge on any atom is -0.480 e. The Bertz CT molecular complexity index is 344. The van der Waals surface area contributed by atoms with Crippen LogP contribution in [0.15, 0.2) is 0 Å². The third kappa shape index (κ3) is 3.55. The SMILES string of the molecule is O=C(O)[C@@H]1C[C@@H](O)CN1C(=O)NCC1COCCO1. The van der Waals surface area contributed by atoms with Crippen LogP contribution in [0.3, 0.4) is 0 Å². The maximum absolute atomic E-state index is 11.9. The van der Waals surface area contributed by atoms with Crippen molar-refractivity contribution in [1.82, 2.24) is 10.2 Å². The van der Waals surface area contributed by atoms with Crippen LogP contribution in [-0.2, 0) is 14.3 Å². The number of aliphatic hydroxyl groups excluding tert-OH is 1. The zero-order valence-corrected chi connectivity index (χ0v) is 10.4. The molecule has 19 heavy (non-hydrogen) atoms. The van der Waals surface area contributed by atoms with Gasteiger partial charge in [-0.2, -0.15) is 0 Å². The quantitative estimate of drug-likeness (QED) is 0.586. The second-order valence-electron chi connectivity index (χ2n) is 4.65. The van der Waals surface area contributed by atoms with Gasteiger partial charge in [0.1, 0.15) is 6.04 Å². The number of urea groups is 1. The summed E-state index contributed by atoms with van der Waals surface area (Å²) in [6, 6.07) is -1.48. The highest BCUT2D eigenvalue weighted by molar-refractivity contribution is 5.83. The van der Waals surface area contributed by atoms with E-state index in [1.807, 2.05) is 0 Å². The Morgan fingerprint density at radius 1 is 1.37 bits per heavy atom. The lowest BCUT2D eigenvalue weighted by atomic mass is 10.2. The number of carbonyl (C=O) groups is 2. The maximum atomic E-state index is 11.9. The lowest BCUT2D eigenvalue weighted by Crippen LogP contribution is -2.49. The van der Waals surface area contributed by atoms with Crippen LogP contribution in [0.2, 0.25) is 0 Å². The zero-order chi connectivity index (χ0) is 13.8. The van der Waals surface area contributed by atoms with Crippen LogP contribution < -0.4 is 5.32 Å². The average Bonchev–Trinajstić information content (AvgIpc) is 2.79. The Morgan fingerprint density at radius 2 is 2.16 bits per heavy atom. The Morgan fingerprint density at radius 3 is 2.79 bits per heavy atom. The van der Waals surface area contributed by atoms with Crippen molar-refractivity contribution in [3.63, 3.8) is 0 Å². The van der Waals surface area contributed by atoms with E-state index in [1.165, 1.54) is 0 Å². The van der Waals surface area contributed by atoms with Crippen LogP contribution in [0.25, 0.3) is 0 Å². The third-order valence-corrected chi connectivity index (χ3v) is 3.19. The lowest BCUT2D eigenvalue weighted by molar-refractivity contribution is -0.141. The number of carboxylic acids is 1. The number of hydrogen-bond acceptors (Lipinski definition) is 5. The molecule has 2 saturated heterocycles. The molecule has 0 radical (unpaired) electrons. The van der Waals surface area contributed by atoms with E-state index in [1.54, 1.807) is 0 Å². The van der Waals surface area contributed by atoms with Crippen molar-refractivity contribution in [2.75, 3.05) is 32.9 Å². The number of nitrogens with one attached hydrogen (secondary N) is 1. The van der Waals surface area contributed by atoms with Crippen molar-refractivity contribution >= 4 is 12.0 Å². The second-order valence-corrected chi connectivity index (χ2v) is 4.65. The fourth-order valence-electron chi connectivity index (χ4n) is 2.23. The van der Waals surface area contributed by atoms with Crippen molar-refractivity contribution in [1.29, 1.82) is 0 Å². The monoisotopic (exact) mass is 274 g/mol. The molecule has 3 atom stereocenters. The zero-order valence-electron chi connectivity index (χ0n) is 10.4. The van der Waals surface area contributed by atoms with Gasteiger partial charge in [0.05, 0.1) is 32.0 Å². The fourth-order valence-corrected chi connectivity index (χ4v) is 2.23. The number of rotatable bonds is 3. The summed E-state index contributed by atoms with van der Waals surface area (Å²) in [7, 11) is 0. The highest BCUT2D eigenvalue weighted by Gasteiger charge is 2.39. The molecule has 2 rings (SSSR count). The molecule has 1 unspecified atom stereocenters. The molecule has 0 bridgehead atoms. The molecule has 0 aromatic rings. The van der Waals surface area contributed by atoms with Gasteiger partial charge in [-0.3, -0.25) is 0 Å². The Labute approximate surface area is 110 Å². The van der Waals surface area contributed by atoms with Crippen LogP contribution in [0, 0.1) is 0 Å². The molecule has 2 aliphatic rings. The number of likely N-dealkylation sites (tertiary alicyclic amines) is 1. The molecule has 108 valence electrons. The number of aliphatic hydroxyl groups is 1. The minimum atomic E-state index is -1.11. The molecule has 0 saturated carbocycles. The molecule has 0 spiro atoms. The first-order valence-corrected chi connectivity index (χ1v) is 6.22. The maximum Gasteiger partial charge on any atom is 0.326 e. The molecule has 2 amide bonds. The largest absolute Gasteiger partial charge is 0.480 e. The molecule has 0 aliphatic carbocycles. The highest BCUT2D eigenvalue weighted by atomic mass is 16.6. The first kappa shape index (κ1) is 14.0. The molecular weight excluding hydrogens is 256 g/mol. The molecule has 8 heteroatoms. The summed E-state index contributed by atoms with van der Waals surface area (Å²) in [5.41, 5.74) is 0. The van der Waals surface area contributed by atoms with Gasteiger partial charge in [0.25, 0.3) is 0 Å². The highest BCUT2D eigenvalue weighted by Crippen LogP contribution is 2.18. The van der Waals surface area contributed by atoms with Crippen molar-refractivity contribution in [2.24, 2.45) is 0 Å². The van der Waals surface area contributed by atoms with Gasteiger partial charge < -0.3 is 29.9 Å². The molecule has 0 aromatic carbocycles. The van der Waals surface area contributed by atoms with Gasteiger partial charge in [0.15, 0.2) is 0 Å². The van der Waals surface area contributed by atoms with E-state index in [9.17, 15) is 14.7 Å². The smallest absolute Gasteiger partial charge is 0.326 e. The van der Waals surface area contributed by atoms with Crippen LogP contribution in [0.4, 0.5) is 4.79 Å². The van der Waals surface area contributed by atoms with Crippen molar-refractivity contribution in [3.8, 4) is 0 Å². The van der Waals surface area contributed by atoms with Crippen LogP contribution >= 0.6 is 0 Å². The van der Waals surface area contributed by atoms with E-state index in [-0.39, 0.29) is 25.6 Å². The normalized spacial score (nSPS) is 31.2. The molecule has 2 fully saturated rings. The van der Waals surface area contributed by atoms with Crippen molar-refractivity contribution < 1.29 is 29.3 Å².